The van der Waals surface area contributed by atoms with Crippen molar-refractivity contribution in [1.29, 1.82) is 0 Å². The average Bonchev–Trinajstić information content (AvgIpc) is 3.31. The number of thiophene rings is 1. The minimum atomic E-state index is -0.300. The molecule has 5 aromatic rings. The lowest BCUT2D eigenvalue weighted by molar-refractivity contribution is 0.0938. The Labute approximate surface area is 235 Å². The van der Waals surface area contributed by atoms with Gasteiger partial charge in [-0.05, 0) is 49.2 Å². The number of pyridine rings is 2. The smallest absolute Gasteiger partial charge is 0.257 e. The minimum absolute atomic E-state index is 0.259. The molecule has 4 heterocycles. The maximum atomic E-state index is 13.6. The molecule has 0 fully saturated rings. The summed E-state index contributed by atoms with van der Waals surface area (Å²) in [4.78, 5) is 37.8. The first-order valence-corrected chi connectivity index (χ1v) is 13.9. The third-order valence-corrected chi connectivity index (χ3v) is 7.79. The van der Waals surface area contributed by atoms with Crippen molar-refractivity contribution in [2.75, 3.05) is 23.4 Å². The molecule has 1 aliphatic rings. The second kappa shape index (κ2) is 11.2. The van der Waals surface area contributed by atoms with E-state index in [4.69, 9.17) is 9.72 Å². The molecule has 8 nitrogen and oxygen atoms in total. The van der Waals surface area contributed by atoms with Crippen LogP contribution in [0.25, 0.3) is 10.1 Å². The molecule has 0 bridgehead atoms. The second-order valence-corrected chi connectivity index (χ2v) is 10.4. The Bertz CT molecular complexity index is 1690. The molecular formula is C31H27N5O3S. The summed E-state index contributed by atoms with van der Waals surface area (Å²) in [6.07, 6.45) is 5.73. The zero-order valence-corrected chi connectivity index (χ0v) is 22.7. The molecule has 0 unspecified atom stereocenters. The van der Waals surface area contributed by atoms with Gasteiger partial charge in [-0.15, -0.1) is 11.3 Å². The highest BCUT2D eigenvalue weighted by Crippen LogP contribution is 2.38. The lowest BCUT2D eigenvalue weighted by atomic mass is 10.1. The summed E-state index contributed by atoms with van der Waals surface area (Å²) in [5.74, 6) is 0.727. The van der Waals surface area contributed by atoms with Gasteiger partial charge in [0.2, 0.25) is 0 Å². The fourth-order valence-corrected chi connectivity index (χ4v) is 5.72. The normalized spacial score (nSPS) is 13.6. The number of anilines is 3. The summed E-state index contributed by atoms with van der Waals surface area (Å²) < 4.78 is 6.98. The molecule has 1 atom stereocenters. The second-order valence-electron chi connectivity index (χ2n) is 9.50. The molecule has 0 spiro atoms. The van der Waals surface area contributed by atoms with E-state index in [0.717, 1.165) is 33.5 Å². The Balaban J connectivity index is 1.37. The van der Waals surface area contributed by atoms with Gasteiger partial charge in [-0.1, -0.05) is 36.4 Å². The monoisotopic (exact) mass is 549 g/mol. The number of fused-ring (bicyclic) bond motifs is 2. The van der Waals surface area contributed by atoms with Gasteiger partial charge in [0.25, 0.3) is 11.8 Å². The summed E-state index contributed by atoms with van der Waals surface area (Å²) in [5.41, 5.74) is 3.10. The van der Waals surface area contributed by atoms with Gasteiger partial charge in [-0.3, -0.25) is 14.6 Å². The van der Waals surface area contributed by atoms with Gasteiger partial charge in [-0.25, -0.2) is 4.98 Å². The SMILES string of the molecule is C[C@@H](NC(=O)c1cnc(N2CCCOc3ccccc32)c(NC(=O)c2csc3ccccc23)c1)c1cccnc1. The van der Waals surface area contributed by atoms with Crippen LogP contribution < -0.4 is 20.3 Å². The van der Waals surface area contributed by atoms with Gasteiger partial charge in [0.05, 0.1) is 35.2 Å². The highest BCUT2D eigenvalue weighted by atomic mass is 32.1. The number of benzene rings is 2. The highest BCUT2D eigenvalue weighted by Gasteiger charge is 2.24. The predicted octanol–water partition coefficient (Wildman–Crippen LogP) is 6.36. The van der Waals surface area contributed by atoms with Crippen LogP contribution in [-0.4, -0.2) is 34.9 Å². The first kappa shape index (κ1) is 25.5. The van der Waals surface area contributed by atoms with Crippen molar-refractivity contribution in [3.05, 3.63) is 107 Å². The van der Waals surface area contributed by atoms with E-state index < -0.39 is 0 Å². The summed E-state index contributed by atoms with van der Waals surface area (Å²) in [6, 6.07) is 20.7. The molecule has 2 aromatic carbocycles. The number of aromatic nitrogens is 2. The Morgan fingerprint density at radius 2 is 1.88 bits per heavy atom. The number of nitrogens with zero attached hydrogens (tertiary/aromatic N) is 3. The maximum Gasteiger partial charge on any atom is 0.257 e. The van der Waals surface area contributed by atoms with Crippen LogP contribution in [0.1, 0.15) is 45.7 Å². The van der Waals surface area contributed by atoms with Crippen molar-refractivity contribution >= 4 is 50.4 Å². The number of carbonyl (C=O) groups excluding carboxylic acids is 2. The number of hydrogen-bond acceptors (Lipinski definition) is 7. The number of rotatable bonds is 6. The molecular weight excluding hydrogens is 522 g/mol. The van der Waals surface area contributed by atoms with E-state index in [1.165, 1.54) is 11.3 Å². The number of para-hydroxylation sites is 2. The molecule has 6 rings (SSSR count). The van der Waals surface area contributed by atoms with Crippen molar-refractivity contribution in [1.82, 2.24) is 15.3 Å². The quantitative estimate of drug-likeness (QED) is 0.256. The van der Waals surface area contributed by atoms with E-state index in [0.29, 0.717) is 35.8 Å². The molecule has 9 heteroatoms. The van der Waals surface area contributed by atoms with Crippen molar-refractivity contribution in [2.45, 2.75) is 19.4 Å². The Morgan fingerprint density at radius 1 is 1.02 bits per heavy atom. The van der Waals surface area contributed by atoms with E-state index in [1.54, 1.807) is 24.7 Å². The molecule has 200 valence electrons. The van der Waals surface area contributed by atoms with Crippen LogP contribution in [-0.2, 0) is 0 Å². The number of hydrogen-bond donors (Lipinski definition) is 2. The van der Waals surface area contributed by atoms with Gasteiger partial charge in [0.15, 0.2) is 5.82 Å². The lowest BCUT2D eigenvalue weighted by Gasteiger charge is -2.25. The first-order chi connectivity index (χ1) is 19.6. The van der Waals surface area contributed by atoms with Crippen LogP contribution in [0.4, 0.5) is 17.2 Å². The molecule has 0 saturated heterocycles. The zero-order valence-electron chi connectivity index (χ0n) is 21.8. The summed E-state index contributed by atoms with van der Waals surface area (Å²) in [6.45, 7) is 3.11. The summed E-state index contributed by atoms with van der Waals surface area (Å²) in [5, 5.41) is 8.81. The van der Waals surface area contributed by atoms with Gasteiger partial charge in [-0.2, -0.15) is 0 Å². The Hall–Kier alpha value is -4.76. The van der Waals surface area contributed by atoms with Gasteiger partial charge >= 0.3 is 0 Å². The zero-order chi connectivity index (χ0) is 27.5. The maximum absolute atomic E-state index is 13.6. The van der Waals surface area contributed by atoms with E-state index in [1.807, 2.05) is 77.9 Å². The molecule has 2 amide bonds. The predicted molar refractivity (Wildman–Crippen MR) is 158 cm³/mol. The van der Waals surface area contributed by atoms with Crippen LogP contribution in [0.15, 0.2) is 90.7 Å². The van der Waals surface area contributed by atoms with E-state index in [-0.39, 0.29) is 17.9 Å². The van der Waals surface area contributed by atoms with Crippen LogP contribution in [0.2, 0.25) is 0 Å². The third kappa shape index (κ3) is 5.11. The summed E-state index contributed by atoms with van der Waals surface area (Å²) in [7, 11) is 0. The molecule has 40 heavy (non-hydrogen) atoms. The molecule has 2 N–H and O–H groups in total. The van der Waals surface area contributed by atoms with Gasteiger partial charge in [0, 0.05) is 40.6 Å². The minimum Gasteiger partial charge on any atom is -0.491 e. The molecule has 3 aromatic heterocycles. The van der Waals surface area contributed by atoms with E-state index >= 15 is 0 Å². The first-order valence-electron chi connectivity index (χ1n) is 13.1. The fraction of sp³-hybridized carbons (Fsp3) is 0.161. The van der Waals surface area contributed by atoms with Crippen LogP contribution in [0.3, 0.4) is 0 Å². The lowest BCUT2D eigenvalue weighted by Crippen LogP contribution is -2.28. The average molecular weight is 550 g/mol. The molecule has 0 aliphatic carbocycles. The standard InChI is InChI=1S/C31H27N5O3S/c1-20(21-8-6-13-32-17-21)34-30(37)22-16-25(35-31(38)24-19-40-28-12-5-2-9-23(24)28)29(33-18-22)36-14-7-15-39-27-11-4-3-10-26(27)36/h2-6,8-13,16-20H,7,14-15H2,1H3,(H,34,37)(H,35,38)/t20-/m1/s1. The molecule has 0 radical (unpaired) electrons. The highest BCUT2D eigenvalue weighted by molar-refractivity contribution is 7.17. The number of ether oxygens (including phenoxy) is 1. The van der Waals surface area contributed by atoms with Gasteiger partial charge in [0.1, 0.15) is 5.75 Å². The number of amides is 2. The summed E-state index contributed by atoms with van der Waals surface area (Å²) >= 11 is 1.52. The topological polar surface area (TPSA) is 96.5 Å². The van der Waals surface area contributed by atoms with Crippen molar-refractivity contribution in [2.24, 2.45) is 0 Å². The van der Waals surface area contributed by atoms with Crippen LogP contribution >= 0.6 is 11.3 Å². The van der Waals surface area contributed by atoms with Crippen molar-refractivity contribution < 1.29 is 14.3 Å². The Kier molecular flexibility index (Phi) is 7.11. The Morgan fingerprint density at radius 3 is 2.75 bits per heavy atom. The molecule has 1 aliphatic heterocycles. The van der Waals surface area contributed by atoms with Gasteiger partial charge < -0.3 is 20.3 Å². The largest absolute Gasteiger partial charge is 0.491 e. The molecule has 0 saturated carbocycles. The van der Waals surface area contributed by atoms with Crippen LogP contribution in [0.5, 0.6) is 5.75 Å². The number of carbonyl (C=O) groups is 2. The van der Waals surface area contributed by atoms with E-state index in [2.05, 4.69) is 15.6 Å². The third-order valence-electron chi connectivity index (χ3n) is 6.83. The van der Waals surface area contributed by atoms with Crippen LogP contribution in [0, 0.1) is 0 Å². The van der Waals surface area contributed by atoms with Crippen molar-refractivity contribution in [3.8, 4) is 5.75 Å². The van der Waals surface area contributed by atoms with Crippen molar-refractivity contribution in [3.63, 3.8) is 0 Å². The number of nitrogens with one attached hydrogen (secondary N) is 2. The fourth-order valence-electron chi connectivity index (χ4n) is 4.77. The van der Waals surface area contributed by atoms with E-state index in [9.17, 15) is 9.59 Å².